The van der Waals surface area contributed by atoms with Crippen LogP contribution in [0.1, 0.15) is 56.6 Å². The van der Waals surface area contributed by atoms with E-state index in [-0.39, 0.29) is 80.1 Å². The maximum Gasteiger partial charge on any atom is 0.332 e. The maximum absolute atomic E-state index is 13.6. The van der Waals surface area contributed by atoms with Crippen molar-refractivity contribution < 1.29 is 19.2 Å². The number of carbonyl (C=O) groups excluding carboxylic acids is 4. The normalized spacial score (nSPS) is 11.8. The molecule has 0 unspecified atom stereocenters. The topological polar surface area (TPSA) is 266 Å². The van der Waals surface area contributed by atoms with Crippen LogP contribution >= 0.6 is 0 Å². The molecule has 0 aliphatic rings. The number of aromatic amines is 2. The van der Waals surface area contributed by atoms with E-state index in [2.05, 4.69) is 19.9 Å². The van der Waals surface area contributed by atoms with Gasteiger partial charge in [-0.05, 0) is 25.7 Å². The SMILES string of the molecule is Cn1c(=O)c2[nH]c(CCCC(=O)C(CCCC(N)=O)(C(N)=O)C(=O)CCCc3nc4c([nH]3)c(=O)n(C)c(=O)n4C)nc2n(C)c1=O. The van der Waals surface area contributed by atoms with Crippen LogP contribution in [0.4, 0.5) is 0 Å². The molecule has 4 heterocycles. The molecule has 0 bridgehead atoms. The molecule has 18 nitrogen and oxygen atoms in total. The van der Waals surface area contributed by atoms with E-state index in [4.69, 9.17) is 11.5 Å². The van der Waals surface area contributed by atoms with Gasteiger partial charge in [-0.25, -0.2) is 19.6 Å². The second kappa shape index (κ2) is 12.9. The summed E-state index contributed by atoms with van der Waals surface area (Å²) in [6.07, 6.45) is -0.469. The van der Waals surface area contributed by atoms with Crippen LogP contribution in [-0.2, 0) is 60.2 Å². The van der Waals surface area contributed by atoms with Crippen LogP contribution in [0.15, 0.2) is 19.2 Å². The number of fused-ring (bicyclic) bond motifs is 2. The van der Waals surface area contributed by atoms with Crippen molar-refractivity contribution in [2.75, 3.05) is 0 Å². The molecule has 0 aliphatic heterocycles. The molecule has 4 aromatic heterocycles. The summed E-state index contributed by atoms with van der Waals surface area (Å²) in [5, 5.41) is 0. The lowest BCUT2D eigenvalue weighted by Crippen LogP contribution is -2.50. The zero-order valence-corrected chi connectivity index (χ0v) is 26.0. The molecule has 18 heteroatoms. The Bertz CT molecular complexity index is 1990. The molecule has 2 amide bonds. The largest absolute Gasteiger partial charge is 0.370 e. The molecule has 0 spiro atoms. The first-order valence-corrected chi connectivity index (χ1v) is 14.6. The number of aromatic nitrogens is 8. The molecule has 6 N–H and O–H groups in total. The van der Waals surface area contributed by atoms with Gasteiger partial charge in [0, 0.05) is 60.3 Å². The number of nitrogens with zero attached hydrogens (tertiary/aromatic N) is 6. The standard InChI is InChI=1S/C28H36N10O8/c1-35-21-19(23(42)37(3)26(35)45)31-17(33-21)11-5-8-14(39)28(25(30)44,13-7-10-16(29)41)15(40)9-6-12-18-32-20-22(34-18)36(2)27(46)38(4)24(20)43/h5-13H2,1-4H3,(H2,29,41)(H2,30,44)(H,31,33)(H,32,34). The molecule has 0 aromatic carbocycles. The zero-order chi connectivity index (χ0) is 34.1. The Kier molecular flexibility index (Phi) is 9.39. The molecule has 4 rings (SSSR count). The summed E-state index contributed by atoms with van der Waals surface area (Å²) in [4.78, 5) is 115. The quantitative estimate of drug-likeness (QED) is 0.102. The summed E-state index contributed by atoms with van der Waals surface area (Å²) >= 11 is 0. The third-order valence-corrected chi connectivity index (χ3v) is 8.27. The van der Waals surface area contributed by atoms with Crippen LogP contribution in [0, 0.1) is 5.41 Å². The van der Waals surface area contributed by atoms with E-state index in [1.807, 2.05) is 0 Å². The van der Waals surface area contributed by atoms with Crippen molar-refractivity contribution >= 4 is 45.7 Å². The van der Waals surface area contributed by atoms with Gasteiger partial charge in [0.25, 0.3) is 11.1 Å². The number of rotatable bonds is 15. The molecule has 0 saturated heterocycles. The van der Waals surface area contributed by atoms with Gasteiger partial charge < -0.3 is 21.4 Å². The molecule has 0 saturated carbocycles. The fourth-order valence-electron chi connectivity index (χ4n) is 5.60. The number of nitrogens with two attached hydrogens (primary N) is 2. The maximum atomic E-state index is 13.6. The number of ketones is 2. The molecule has 0 radical (unpaired) electrons. The van der Waals surface area contributed by atoms with Crippen LogP contribution < -0.4 is 34.0 Å². The number of amides is 2. The van der Waals surface area contributed by atoms with E-state index in [0.717, 1.165) is 9.13 Å². The summed E-state index contributed by atoms with van der Waals surface area (Å²) in [5.74, 6) is -2.62. The second-order valence-electron chi connectivity index (χ2n) is 11.3. The number of hydrogen-bond acceptors (Lipinski definition) is 10. The Morgan fingerprint density at radius 2 is 1.07 bits per heavy atom. The Morgan fingerprint density at radius 1 is 0.652 bits per heavy atom. The summed E-state index contributed by atoms with van der Waals surface area (Å²) in [6.45, 7) is 0. The zero-order valence-electron chi connectivity index (χ0n) is 26.0. The van der Waals surface area contributed by atoms with Crippen LogP contribution in [-0.4, -0.2) is 61.6 Å². The Morgan fingerprint density at radius 3 is 1.43 bits per heavy atom. The van der Waals surface area contributed by atoms with Crippen molar-refractivity contribution in [3.63, 3.8) is 0 Å². The van der Waals surface area contributed by atoms with Gasteiger partial charge in [0.05, 0.1) is 0 Å². The molecule has 4 aromatic rings. The highest BCUT2D eigenvalue weighted by atomic mass is 16.2. The summed E-state index contributed by atoms with van der Waals surface area (Å²) < 4.78 is 4.29. The number of H-pyrrole nitrogens is 2. The summed E-state index contributed by atoms with van der Waals surface area (Å²) in [6, 6.07) is 0. The Labute approximate surface area is 259 Å². The van der Waals surface area contributed by atoms with Gasteiger partial charge in [0.2, 0.25) is 11.8 Å². The average molecular weight is 641 g/mol. The number of imidazole rings is 2. The van der Waals surface area contributed by atoms with Crippen LogP contribution in [0.2, 0.25) is 0 Å². The van der Waals surface area contributed by atoms with E-state index < -0.39 is 51.3 Å². The predicted molar refractivity (Wildman–Crippen MR) is 164 cm³/mol. The first-order chi connectivity index (χ1) is 21.6. The molecule has 0 fully saturated rings. The molecule has 0 atom stereocenters. The van der Waals surface area contributed by atoms with Crippen molar-refractivity contribution in [1.29, 1.82) is 0 Å². The number of aryl methyl sites for hydroxylation is 4. The monoisotopic (exact) mass is 640 g/mol. The van der Waals surface area contributed by atoms with Crippen molar-refractivity contribution in [2.45, 2.75) is 57.8 Å². The average Bonchev–Trinajstić information content (AvgIpc) is 3.64. The molecule has 246 valence electrons. The fourth-order valence-corrected chi connectivity index (χ4v) is 5.60. The van der Waals surface area contributed by atoms with Crippen LogP contribution in [0.5, 0.6) is 0 Å². The molecule has 0 aliphatic carbocycles. The summed E-state index contributed by atoms with van der Waals surface area (Å²) in [5.41, 5.74) is 7.04. The molecular formula is C28H36N10O8. The fraction of sp³-hybridized carbons (Fsp3) is 0.500. The van der Waals surface area contributed by atoms with Gasteiger partial charge in [0.15, 0.2) is 28.3 Å². The van der Waals surface area contributed by atoms with Crippen molar-refractivity contribution in [1.82, 2.24) is 38.2 Å². The second-order valence-corrected chi connectivity index (χ2v) is 11.3. The Hall–Kier alpha value is -5.42. The lowest BCUT2D eigenvalue weighted by Gasteiger charge is -2.28. The molecule has 46 heavy (non-hydrogen) atoms. The van der Waals surface area contributed by atoms with Gasteiger partial charge in [-0.2, -0.15) is 0 Å². The minimum Gasteiger partial charge on any atom is -0.370 e. The minimum absolute atomic E-state index is 0.0302. The van der Waals surface area contributed by atoms with Crippen molar-refractivity contribution in [2.24, 2.45) is 45.1 Å². The van der Waals surface area contributed by atoms with Gasteiger partial charge in [-0.15, -0.1) is 0 Å². The smallest absolute Gasteiger partial charge is 0.332 e. The number of nitrogens with one attached hydrogen (secondary N) is 2. The summed E-state index contributed by atoms with van der Waals surface area (Å²) in [7, 11) is 5.61. The Balaban J connectivity index is 1.51. The van der Waals surface area contributed by atoms with Crippen molar-refractivity contribution in [3.05, 3.63) is 53.3 Å². The van der Waals surface area contributed by atoms with E-state index in [1.165, 1.54) is 37.3 Å². The first-order valence-electron chi connectivity index (χ1n) is 14.6. The van der Waals surface area contributed by atoms with E-state index in [0.29, 0.717) is 11.6 Å². The van der Waals surface area contributed by atoms with Gasteiger partial charge in [0.1, 0.15) is 22.7 Å². The predicted octanol–water partition coefficient (Wildman–Crippen LogP) is -2.15. The van der Waals surface area contributed by atoms with E-state index >= 15 is 0 Å². The lowest BCUT2D eigenvalue weighted by atomic mass is 9.71. The van der Waals surface area contributed by atoms with E-state index in [1.54, 1.807) is 0 Å². The lowest BCUT2D eigenvalue weighted by molar-refractivity contribution is -0.150. The van der Waals surface area contributed by atoms with E-state index in [9.17, 15) is 38.4 Å². The number of carbonyl (C=O) groups is 4. The molecular weight excluding hydrogens is 604 g/mol. The highest BCUT2D eigenvalue weighted by molar-refractivity contribution is 6.23. The minimum atomic E-state index is -2.21. The van der Waals surface area contributed by atoms with Crippen LogP contribution in [0.25, 0.3) is 22.3 Å². The third kappa shape index (κ3) is 5.96. The number of hydrogen-bond donors (Lipinski definition) is 4. The van der Waals surface area contributed by atoms with Gasteiger partial charge >= 0.3 is 11.4 Å². The third-order valence-electron chi connectivity index (χ3n) is 8.27. The van der Waals surface area contributed by atoms with Gasteiger partial charge in [-0.3, -0.25) is 47.0 Å². The highest BCUT2D eigenvalue weighted by Crippen LogP contribution is 2.32. The number of primary amides is 2. The van der Waals surface area contributed by atoms with Gasteiger partial charge in [-0.1, -0.05) is 0 Å². The first kappa shape index (κ1) is 33.5. The highest BCUT2D eigenvalue weighted by Gasteiger charge is 2.49. The number of Topliss-reactive ketones (excluding diaryl/α,β-unsaturated/α-hetero) is 2. The van der Waals surface area contributed by atoms with Crippen LogP contribution in [0.3, 0.4) is 0 Å². The van der Waals surface area contributed by atoms with Crippen molar-refractivity contribution in [3.8, 4) is 0 Å².